The van der Waals surface area contributed by atoms with E-state index in [-0.39, 0.29) is 5.91 Å². The molecule has 2 heterocycles. The van der Waals surface area contributed by atoms with Crippen molar-refractivity contribution >= 4 is 34.0 Å². The van der Waals surface area contributed by atoms with Crippen LogP contribution in [0.2, 0.25) is 5.02 Å². The number of aryl methyl sites for hydroxylation is 2. The van der Waals surface area contributed by atoms with E-state index in [0.29, 0.717) is 15.7 Å². The minimum absolute atomic E-state index is 0.300. The van der Waals surface area contributed by atoms with Crippen LogP contribution in [0.25, 0.3) is 5.69 Å². The molecule has 3 aromatic rings. The summed E-state index contributed by atoms with van der Waals surface area (Å²) >= 11 is 7.43. The van der Waals surface area contributed by atoms with Gasteiger partial charge in [0.2, 0.25) is 5.13 Å². The van der Waals surface area contributed by atoms with Crippen LogP contribution in [0.1, 0.15) is 21.7 Å². The summed E-state index contributed by atoms with van der Waals surface area (Å²) in [6, 6.07) is 9.46. The molecule has 3 rings (SSSR count). The van der Waals surface area contributed by atoms with E-state index in [9.17, 15) is 4.79 Å². The highest BCUT2D eigenvalue weighted by Gasteiger charge is 2.14. The highest BCUT2D eigenvalue weighted by atomic mass is 35.5. The van der Waals surface area contributed by atoms with Gasteiger partial charge < -0.3 is 4.57 Å². The molecule has 2 aromatic heterocycles. The first kappa shape index (κ1) is 14.7. The van der Waals surface area contributed by atoms with Crippen LogP contribution in [0.5, 0.6) is 0 Å². The number of halogens is 1. The van der Waals surface area contributed by atoms with Gasteiger partial charge in [0.05, 0.1) is 10.6 Å². The van der Waals surface area contributed by atoms with Crippen molar-refractivity contribution in [3.05, 3.63) is 57.8 Å². The maximum absolute atomic E-state index is 12.4. The normalized spacial score (nSPS) is 10.7. The second kappa shape index (κ2) is 5.90. The lowest BCUT2D eigenvalue weighted by atomic mass is 10.1. The Morgan fingerprint density at radius 2 is 1.95 bits per heavy atom. The van der Waals surface area contributed by atoms with Crippen molar-refractivity contribution in [2.45, 2.75) is 13.8 Å². The molecule has 22 heavy (non-hydrogen) atoms. The third-order valence-electron chi connectivity index (χ3n) is 3.30. The molecule has 0 aliphatic carbocycles. The minimum atomic E-state index is -0.300. The van der Waals surface area contributed by atoms with E-state index >= 15 is 0 Å². The monoisotopic (exact) mass is 332 g/mol. The highest BCUT2D eigenvalue weighted by molar-refractivity contribution is 7.13. The molecule has 7 heteroatoms. The Kier molecular flexibility index (Phi) is 3.96. The zero-order valence-corrected chi connectivity index (χ0v) is 13.6. The van der Waals surface area contributed by atoms with Crippen molar-refractivity contribution in [2.24, 2.45) is 0 Å². The van der Waals surface area contributed by atoms with E-state index < -0.39 is 0 Å². The topological polar surface area (TPSA) is 59.8 Å². The molecule has 0 atom stereocenters. The number of hydrogen-bond acceptors (Lipinski definition) is 4. The van der Waals surface area contributed by atoms with Gasteiger partial charge >= 0.3 is 0 Å². The lowest BCUT2D eigenvalue weighted by Gasteiger charge is -2.12. The number of nitrogens with one attached hydrogen (secondary N) is 1. The largest absolute Gasteiger partial charge is 0.318 e. The smallest absolute Gasteiger partial charge is 0.259 e. The van der Waals surface area contributed by atoms with E-state index in [1.54, 1.807) is 17.6 Å². The van der Waals surface area contributed by atoms with Gasteiger partial charge in [-0.3, -0.25) is 10.1 Å². The van der Waals surface area contributed by atoms with Gasteiger partial charge in [0.1, 0.15) is 5.51 Å². The average molecular weight is 333 g/mol. The van der Waals surface area contributed by atoms with Crippen LogP contribution in [0.15, 0.2) is 35.8 Å². The number of nitrogens with zero attached hydrogens (tertiary/aromatic N) is 3. The van der Waals surface area contributed by atoms with Crippen LogP contribution in [-0.2, 0) is 0 Å². The van der Waals surface area contributed by atoms with Gasteiger partial charge in [-0.25, -0.2) is 0 Å². The summed E-state index contributed by atoms with van der Waals surface area (Å²) < 4.78 is 2.07. The second-order valence-corrected chi connectivity index (χ2v) is 6.05. The molecule has 0 saturated carbocycles. The predicted octanol–water partition coefficient (Wildman–Crippen LogP) is 3.85. The number of aromatic nitrogens is 3. The quantitative estimate of drug-likeness (QED) is 0.792. The van der Waals surface area contributed by atoms with Crippen LogP contribution in [-0.4, -0.2) is 20.7 Å². The molecule has 0 aliphatic rings. The van der Waals surface area contributed by atoms with Gasteiger partial charge in [-0.05, 0) is 44.2 Å². The molecule has 0 fully saturated rings. The minimum Gasteiger partial charge on any atom is -0.318 e. The molecule has 1 N–H and O–H groups in total. The molecule has 0 unspecified atom stereocenters. The summed E-state index contributed by atoms with van der Waals surface area (Å²) in [5, 5.41) is 11.0. The molecular formula is C15H13ClN4OS. The van der Waals surface area contributed by atoms with E-state index in [2.05, 4.69) is 20.1 Å². The van der Waals surface area contributed by atoms with Crippen molar-refractivity contribution in [3.63, 3.8) is 0 Å². The van der Waals surface area contributed by atoms with Crippen molar-refractivity contribution in [1.29, 1.82) is 0 Å². The molecule has 5 nitrogen and oxygen atoms in total. The molecule has 1 aromatic carbocycles. The number of hydrogen-bond donors (Lipinski definition) is 1. The lowest BCUT2D eigenvalue weighted by Crippen LogP contribution is -2.13. The predicted molar refractivity (Wildman–Crippen MR) is 88.1 cm³/mol. The van der Waals surface area contributed by atoms with Crippen LogP contribution >= 0.6 is 22.9 Å². The standard InChI is InChI=1S/C15H13ClN4OS/c1-9-3-4-10(2)20(9)11-5-6-13(16)12(7-11)14(21)18-15-19-17-8-22-15/h3-8H,1-2H3,(H,18,19,21). The van der Waals surface area contributed by atoms with E-state index in [1.165, 1.54) is 11.3 Å². The summed E-state index contributed by atoms with van der Waals surface area (Å²) in [6.07, 6.45) is 0. The first-order chi connectivity index (χ1) is 10.6. The molecule has 1 amide bonds. The van der Waals surface area contributed by atoms with Crippen molar-refractivity contribution in [2.75, 3.05) is 5.32 Å². The fourth-order valence-corrected chi connectivity index (χ4v) is 2.94. The number of amides is 1. The second-order valence-electron chi connectivity index (χ2n) is 4.81. The van der Waals surface area contributed by atoms with Crippen molar-refractivity contribution in [1.82, 2.24) is 14.8 Å². The van der Waals surface area contributed by atoms with Crippen molar-refractivity contribution in [3.8, 4) is 5.69 Å². The Bertz CT molecular complexity index is 807. The van der Waals surface area contributed by atoms with Gasteiger partial charge in [0.15, 0.2) is 0 Å². The van der Waals surface area contributed by atoms with E-state index in [0.717, 1.165) is 17.1 Å². The van der Waals surface area contributed by atoms with Crippen molar-refractivity contribution < 1.29 is 4.79 Å². The molecular weight excluding hydrogens is 320 g/mol. The Morgan fingerprint density at radius 3 is 2.59 bits per heavy atom. The fourth-order valence-electron chi connectivity index (χ4n) is 2.29. The van der Waals surface area contributed by atoms with Gasteiger partial charge in [-0.2, -0.15) is 0 Å². The molecule has 0 spiro atoms. The first-order valence-electron chi connectivity index (χ1n) is 6.58. The lowest BCUT2D eigenvalue weighted by molar-refractivity contribution is 0.102. The maximum Gasteiger partial charge on any atom is 0.259 e. The maximum atomic E-state index is 12.4. The third kappa shape index (κ3) is 2.75. The number of carbonyl (C=O) groups excluding carboxylic acids is 1. The Hall–Kier alpha value is -2.18. The van der Waals surface area contributed by atoms with Crippen LogP contribution in [0, 0.1) is 13.8 Å². The Morgan fingerprint density at radius 1 is 1.23 bits per heavy atom. The van der Waals surface area contributed by atoms with E-state index in [1.807, 2.05) is 32.0 Å². The SMILES string of the molecule is Cc1ccc(C)n1-c1ccc(Cl)c(C(=O)Nc2nncs2)c1. The van der Waals surface area contributed by atoms with Gasteiger partial charge in [0, 0.05) is 17.1 Å². The number of carbonyl (C=O) groups is 1. The summed E-state index contributed by atoms with van der Waals surface area (Å²) in [4.78, 5) is 12.4. The van der Waals surface area contributed by atoms with E-state index in [4.69, 9.17) is 11.6 Å². The van der Waals surface area contributed by atoms with Gasteiger partial charge in [-0.1, -0.05) is 22.9 Å². The van der Waals surface area contributed by atoms with Crippen LogP contribution in [0.4, 0.5) is 5.13 Å². The fraction of sp³-hybridized carbons (Fsp3) is 0.133. The summed E-state index contributed by atoms with van der Waals surface area (Å²) in [7, 11) is 0. The molecule has 0 radical (unpaired) electrons. The molecule has 0 bridgehead atoms. The van der Waals surface area contributed by atoms with Gasteiger partial charge in [0.25, 0.3) is 5.91 Å². The van der Waals surface area contributed by atoms with Gasteiger partial charge in [-0.15, -0.1) is 10.2 Å². The van der Waals surface area contributed by atoms with Crippen LogP contribution < -0.4 is 5.32 Å². The summed E-state index contributed by atoms with van der Waals surface area (Å²) in [6.45, 7) is 4.03. The number of anilines is 1. The summed E-state index contributed by atoms with van der Waals surface area (Å²) in [5.41, 5.74) is 5.04. The first-order valence-corrected chi connectivity index (χ1v) is 7.84. The molecule has 0 aliphatic heterocycles. The average Bonchev–Trinajstić information content (AvgIpc) is 3.10. The van der Waals surface area contributed by atoms with Crippen LogP contribution in [0.3, 0.4) is 0 Å². The number of benzene rings is 1. The molecule has 112 valence electrons. The zero-order valence-electron chi connectivity index (χ0n) is 12.0. The molecule has 0 saturated heterocycles. The third-order valence-corrected chi connectivity index (χ3v) is 4.24. The zero-order chi connectivity index (χ0) is 15.7. The Labute approximate surface area is 136 Å². The highest BCUT2D eigenvalue weighted by Crippen LogP contribution is 2.24. The number of rotatable bonds is 3. The Balaban J connectivity index is 1.98. The summed E-state index contributed by atoms with van der Waals surface area (Å²) in [5.74, 6) is -0.300.